The van der Waals surface area contributed by atoms with E-state index >= 15 is 0 Å². The molecule has 0 unspecified atom stereocenters. The van der Waals surface area contributed by atoms with Crippen molar-refractivity contribution in [3.63, 3.8) is 0 Å². The highest BCUT2D eigenvalue weighted by Crippen LogP contribution is 2.30. The van der Waals surface area contributed by atoms with E-state index in [1.807, 2.05) is 11.8 Å². The van der Waals surface area contributed by atoms with Crippen LogP contribution in [0.4, 0.5) is 24.9 Å². The van der Waals surface area contributed by atoms with E-state index < -0.39 is 11.9 Å². The molecule has 106 valence electrons. The Morgan fingerprint density at radius 3 is 2.53 bits per heavy atom. The first-order valence-electron chi connectivity index (χ1n) is 5.97. The highest BCUT2D eigenvalue weighted by atomic mass is 32.2. The van der Waals surface area contributed by atoms with Crippen molar-refractivity contribution in [1.82, 2.24) is 9.97 Å². The molecule has 2 heterocycles. The molecule has 0 aromatic carbocycles. The Morgan fingerprint density at radius 2 is 1.95 bits per heavy atom. The number of nitrogens with zero attached hydrogens (tertiary/aromatic N) is 2. The molecule has 0 aliphatic carbocycles. The highest BCUT2D eigenvalue weighted by Gasteiger charge is 2.33. The normalized spacial score (nSPS) is 17.3. The number of anilines is 2. The summed E-state index contributed by atoms with van der Waals surface area (Å²) in [4.78, 5) is 7.44. The van der Waals surface area contributed by atoms with Gasteiger partial charge in [-0.3, -0.25) is 0 Å². The molecule has 0 radical (unpaired) electrons. The van der Waals surface area contributed by atoms with Crippen LogP contribution in [0.15, 0.2) is 6.07 Å². The number of aromatic nitrogens is 2. The van der Waals surface area contributed by atoms with Gasteiger partial charge in [0.2, 0.25) is 5.95 Å². The van der Waals surface area contributed by atoms with Gasteiger partial charge < -0.3 is 10.6 Å². The summed E-state index contributed by atoms with van der Waals surface area (Å²) in [6.45, 7) is 0. The molecule has 1 fully saturated rings. The van der Waals surface area contributed by atoms with E-state index in [0.29, 0.717) is 0 Å². The lowest BCUT2D eigenvalue weighted by Gasteiger charge is -2.23. The molecule has 1 aromatic heterocycles. The maximum Gasteiger partial charge on any atom is 0.433 e. The Kier molecular flexibility index (Phi) is 4.38. The summed E-state index contributed by atoms with van der Waals surface area (Å²) in [5.41, 5.74) is -0.931. The lowest BCUT2D eigenvalue weighted by Crippen LogP contribution is -2.25. The van der Waals surface area contributed by atoms with Crippen molar-refractivity contribution < 1.29 is 13.2 Å². The lowest BCUT2D eigenvalue weighted by molar-refractivity contribution is -0.141. The number of hydrogen-bond donors (Lipinski definition) is 2. The van der Waals surface area contributed by atoms with Crippen molar-refractivity contribution in [2.75, 3.05) is 29.2 Å². The largest absolute Gasteiger partial charge is 0.433 e. The molecule has 0 saturated carbocycles. The van der Waals surface area contributed by atoms with Gasteiger partial charge in [-0.2, -0.15) is 29.9 Å². The maximum absolute atomic E-state index is 12.7. The second-order valence-corrected chi connectivity index (χ2v) is 5.47. The van der Waals surface area contributed by atoms with Crippen LogP contribution in [-0.2, 0) is 6.18 Å². The predicted molar refractivity (Wildman–Crippen MR) is 70.6 cm³/mol. The van der Waals surface area contributed by atoms with E-state index in [2.05, 4.69) is 20.6 Å². The zero-order chi connectivity index (χ0) is 13.9. The Bertz CT molecular complexity index is 432. The summed E-state index contributed by atoms with van der Waals surface area (Å²) in [5, 5.41) is 5.61. The lowest BCUT2D eigenvalue weighted by atomic mass is 10.1. The van der Waals surface area contributed by atoms with Gasteiger partial charge in [0.1, 0.15) is 5.82 Å². The van der Waals surface area contributed by atoms with Crippen LogP contribution in [0.5, 0.6) is 0 Å². The molecule has 2 rings (SSSR count). The predicted octanol–water partition coefficient (Wildman–Crippen LogP) is 2.84. The van der Waals surface area contributed by atoms with Crippen LogP contribution >= 0.6 is 11.8 Å². The molecule has 1 aliphatic rings. The SMILES string of the molecule is CNc1nc(NC2CCSCC2)cc(C(F)(F)F)n1. The van der Waals surface area contributed by atoms with Crippen molar-refractivity contribution >= 4 is 23.5 Å². The topological polar surface area (TPSA) is 49.8 Å². The molecule has 0 atom stereocenters. The average Bonchev–Trinajstić information content (AvgIpc) is 2.38. The molecule has 1 saturated heterocycles. The van der Waals surface area contributed by atoms with Crippen LogP contribution in [0.3, 0.4) is 0 Å². The monoisotopic (exact) mass is 292 g/mol. The zero-order valence-electron chi connectivity index (χ0n) is 10.4. The van der Waals surface area contributed by atoms with Gasteiger partial charge in [-0.05, 0) is 24.3 Å². The first kappa shape index (κ1) is 14.2. The summed E-state index contributed by atoms with van der Waals surface area (Å²) < 4.78 is 38.1. The smallest absolute Gasteiger partial charge is 0.367 e. The molecule has 0 amide bonds. The number of rotatable bonds is 3. The zero-order valence-corrected chi connectivity index (χ0v) is 11.2. The number of thioether (sulfide) groups is 1. The molecule has 8 heteroatoms. The Labute approximate surface area is 113 Å². The van der Waals surface area contributed by atoms with Gasteiger partial charge in [-0.1, -0.05) is 0 Å². The minimum Gasteiger partial charge on any atom is -0.367 e. The van der Waals surface area contributed by atoms with E-state index in [-0.39, 0.29) is 17.8 Å². The standard InChI is InChI=1S/C11H15F3N4S/c1-15-10-17-8(11(12,13)14)6-9(18-10)16-7-2-4-19-5-3-7/h6-7H,2-5H2,1H3,(H2,15,16,17,18). The van der Waals surface area contributed by atoms with Crippen molar-refractivity contribution in [1.29, 1.82) is 0 Å². The minimum atomic E-state index is -4.46. The third-order valence-electron chi connectivity index (χ3n) is 2.81. The summed E-state index contributed by atoms with van der Waals surface area (Å²) in [6.07, 6.45) is -2.59. The fourth-order valence-electron chi connectivity index (χ4n) is 1.83. The number of alkyl halides is 3. The second kappa shape index (κ2) is 5.85. The molecule has 0 spiro atoms. The molecule has 4 nitrogen and oxygen atoms in total. The van der Waals surface area contributed by atoms with Gasteiger partial charge in [-0.15, -0.1) is 0 Å². The fourth-order valence-corrected chi connectivity index (χ4v) is 2.94. The number of hydrogen-bond acceptors (Lipinski definition) is 5. The van der Waals surface area contributed by atoms with Gasteiger partial charge in [0, 0.05) is 19.2 Å². The van der Waals surface area contributed by atoms with E-state index in [9.17, 15) is 13.2 Å². The number of halogens is 3. The number of nitrogens with one attached hydrogen (secondary N) is 2. The van der Waals surface area contributed by atoms with E-state index in [4.69, 9.17) is 0 Å². The van der Waals surface area contributed by atoms with Crippen molar-refractivity contribution in [3.05, 3.63) is 11.8 Å². The van der Waals surface area contributed by atoms with Crippen LogP contribution in [-0.4, -0.2) is 34.6 Å². The first-order chi connectivity index (χ1) is 8.99. The van der Waals surface area contributed by atoms with Gasteiger partial charge in [-0.25, -0.2) is 4.98 Å². The summed E-state index contributed by atoms with van der Waals surface area (Å²) >= 11 is 1.86. The van der Waals surface area contributed by atoms with E-state index in [1.165, 1.54) is 7.05 Å². The third kappa shape index (κ3) is 3.89. The van der Waals surface area contributed by atoms with Crippen LogP contribution in [0.1, 0.15) is 18.5 Å². The Morgan fingerprint density at radius 1 is 1.26 bits per heavy atom. The minimum absolute atomic E-state index is 0.0255. The molecular formula is C11H15F3N4S. The van der Waals surface area contributed by atoms with Crippen LogP contribution in [0.2, 0.25) is 0 Å². The molecule has 19 heavy (non-hydrogen) atoms. The quantitative estimate of drug-likeness (QED) is 0.897. The first-order valence-corrected chi connectivity index (χ1v) is 7.13. The van der Waals surface area contributed by atoms with E-state index in [0.717, 1.165) is 30.4 Å². The third-order valence-corrected chi connectivity index (χ3v) is 3.86. The van der Waals surface area contributed by atoms with Gasteiger partial charge in [0.25, 0.3) is 0 Å². The van der Waals surface area contributed by atoms with Crippen LogP contribution in [0.25, 0.3) is 0 Å². The fraction of sp³-hybridized carbons (Fsp3) is 0.636. The van der Waals surface area contributed by atoms with Gasteiger partial charge in [0.05, 0.1) is 0 Å². The van der Waals surface area contributed by atoms with Crippen molar-refractivity contribution in [2.45, 2.75) is 25.1 Å². The van der Waals surface area contributed by atoms with Gasteiger partial charge in [0.15, 0.2) is 5.69 Å². The molecule has 1 aromatic rings. The van der Waals surface area contributed by atoms with E-state index in [1.54, 1.807) is 0 Å². The average molecular weight is 292 g/mol. The van der Waals surface area contributed by atoms with Crippen molar-refractivity contribution in [2.24, 2.45) is 0 Å². The summed E-state index contributed by atoms with van der Waals surface area (Å²) in [6, 6.07) is 1.14. The molecular weight excluding hydrogens is 277 g/mol. The Balaban J connectivity index is 2.19. The summed E-state index contributed by atoms with van der Waals surface area (Å²) in [5.74, 6) is 2.24. The maximum atomic E-state index is 12.7. The van der Waals surface area contributed by atoms with Crippen LogP contribution < -0.4 is 10.6 Å². The molecule has 2 N–H and O–H groups in total. The molecule has 0 bridgehead atoms. The van der Waals surface area contributed by atoms with Crippen LogP contribution in [0, 0.1) is 0 Å². The summed E-state index contributed by atoms with van der Waals surface area (Å²) in [7, 11) is 1.50. The van der Waals surface area contributed by atoms with Crippen molar-refractivity contribution in [3.8, 4) is 0 Å². The molecule has 1 aliphatic heterocycles. The van der Waals surface area contributed by atoms with Gasteiger partial charge >= 0.3 is 6.18 Å². The second-order valence-electron chi connectivity index (χ2n) is 4.24. The Hall–Kier alpha value is -1.18. The highest BCUT2D eigenvalue weighted by molar-refractivity contribution is 7.99.